The van der Waals surface area contributed by atoms with Crippen molar-refractivity contribution in [3.8, 4) is 0 Å². The summed E-state index contributed by atoms with van der Waals surface area (Å²) in [5, 5.41) is 0. The Balaban J connectivity index is 2.26. The summed E-state index contributed by atoms with van der Waals surface area (Å²) in [5.41, 5.74) is 11.1. The lowest BCUT2D eigenvalue weighted by Crippen LogP contribution is -2.38. The Bertz CT molecular complexity index is 444. The van der Waals surface area contributed by atoms with Crippen molar-refractivity contribution in [2.24, 2.45) is 5.73 Å². The molecule has 1 heterocycles. The van der Waals surface area contributed by atoms with Gasteiger partial charge in [-0.2, -0.15) is 0 Å². The largest absolute Gasteiger partial charge is 0.325 e. The number of fused-ring (bicyclic) bond motifs is 1. The molecule has 0 radical (unpaired) electrons. The molecule has 0 spiro atoms. The molecule has 1 aromatic heterocycles. The highest BCUT2D eigenvalue weighted by atomic mass is 14.8. The third kappa shape index (κ3) is 2.75. The van der Waals surface area contributed by atoms with Crippen molar-refractivity contribution >= 4 is 5.57 Å². The molecule has 17 heavy (non-hydrogen) atoms. The van der Waals surface area contributed by atoms with E-state index in [-0.39, 0.29) is 5.54 Å². The standard InChI is InChI=1S/C15H22N2/c1-4-15(3,16)10-12-8-9-13-11(2)6-5-7-14(13)17-12/h6,8-9H,4-5,7,10,16H2,1-3H3. The molecule has 2 rings (SSSR count). The zero-order valence-electron chi connectivity index (χ0n) is 11.1. The predicted molar refractivity (Wildman–Crippen MR) is 72.8 cm³/mol. The zero-order chi connectivity index (χ0) is 12.5. The highest BCUT2D eigenvalue weighted by Gasteiger charge is 2.18. The summed E-state index contributed by atoms with van der Waals surface area (Å²) in [6.45, 7) is 6.39. The van der Waals surface area contributed by atoms with Crippen molar-refractivity contribution in [3.63, 3.8) is 0 Å². The maximum atomic E-state index is 6.20. The van der Waals surface area contributed by atoms with Gasteiger partial charge in [-0.15, -0.1) is 0 Å². The molecule has 1 atom stereocenters. The minimum absolute atomic E-state index is 0.138. The predicted octanol–water partition coefficient (Wildman–Crippen LogP) is 3.10. The van der Waals surface area contributed by atoms with Crippen LogP contribution in [0.15, 0.2) is 18.2 Å². The molecule has 2 N–H and O–H groups in total. The van der Waals surface area contributed by atoms with Crippen molar-refractivity contribution in [1.29, 1.82) is 0 Å². The number of hydrogen-bond donors (Lipinski definition) is 1. The highest BCUT2D eigenvalue weighted by molar-refractivity contribution is 5.67. The van der Waals surface area contributed by atoms with Gasteiger partial charge in [0, 0.05) is 23.3 Å². The molecule has 1 aliphatic rings. The number of allylic oxidation sites excluding steroid dienone is 2. The van der Waals surface area contributed by atoms with E-state index in [4.69, 9.17) is 10.7 Å². The average molecular weight is 230 g/mol. The molecule has 0 saturated heterocycles. The van der Waals surface area contributed by atoms with Crippen LogP contribution in [0.4, 0.5) is 0 Å². The number of pyridine rings is 1. The van der Waals surface area contributed by atoms with Crippen LogP contribution in [-0.4, -0.2) is 10.5 Å². The van der Waals surface area contributed by atoms with Crippen LogP contribution in [0.2, 0.25) is 0 Å². The fourth-order valence-electron chi connectivity index (χ4n) is 2.27. The number of hydrogen-bond acceptors (Lipinski definition) is 2. The van der Waals surface area contributed by atoms with E-state index in [1.54, 1.807) is 0 Å². The lowest BCUT2D eigenvalue weighted by molar-refractivity contribution is 0.444. The number of nitrogens with two attached hydrogens (primary N) is 1. The van der Waals surface area contributed by atoms with Crippen LogP contribution in [0.25, 0.3) is 5.57 Å². The molecule has 0 bridgehead atoms. The fourth-order valence-corrected chi connectivity index (χ4v) is 2.27. The van der Waals surface area contributed by atoms with Gasteiger partial charge in [0.05, 0.1) is 0 Å². The molecule has 2 nitrogen and oxygen atoms in total. The first-order valence-corrected chi connectivity index (χ1v) is 6.46. The van der Waals surface area contributed by atoms with E-state index in [0.29, 0.717) is 0 Å². The van der Waals surface area contributed by atoms with E-state index in [9.17, 15) is 0 Å². The van der Waals surface area contributed by atoms with Gasteiger partial charge < -0.3 is 5.73 Å². The summed E-state index contributed by atoms with van der Waals surface area (Å²) >= 11 is 0. The van der Waals surface area contributed by atoms with Crippen LogP contribution in [0.5, 0.6) is 0 Å². The summed E-state index contributed by atoms with van der Waals surface area (Å²) in [5.74, 6) is 0. The molecular formula is C15H22N2. The molecule has 0 amide bonds. The van der Waals surface area contributed by atoms with Gasteiger partial charge in [-0.25, -0.2) is 0 Å². The molecule has 0 aliphatic heterocycles. The number of nitrogens with zero attached hydrogens (tertiary/aromatic N) is 1. The van der Waals surface area contributed by atoms with E-state index in [1.165, 1.54) is 16.8 Å². The molecule has 0 fully saturated rings. The lowest BCUT2D eigenvalue weighted by Gasteiger charge is -2.23. The van der Waals surface area contributed by atoms with Gasteiger partial charge in [-0.1, -0.05) is 19.1 Å². The van der Waals surface area contributed by atoms with E-state index in [0.717, 1.165) is 31.4 Å². The summed E-state index contributed by atoms with van der Waals surface area (Å²) in [7, 11) is 0. The molecular weight excluding hydrogens is 208 g/mol. The smallest absolute Gasteiger partial charge is 0.0484 e. The molecule has 0 saturated carbocycles. The maximum Gasteiger partial charge on any atom is 0.0484 e. The second-order valence-corrected chi connectivity index (χ2v) is 5.41. The molecule has 92 valence electrons. The van der Waals surface area contributed by atoms with Crippen molar-refractivity contribution in [2.75, 3.05) is 0 Å². The van der Waals surface area contributed by atoms with Crippen LogP contribution in [0.3, 0.4) is 0 Å². The monoisotopic (exact) mass is 230 g/mol. The lowest BCUT2D eigenvalue weighted by atomic mass is 9.91. The quantitative estimate of drug-likeness (QED) is 0.866. The van der Waals surface area contributed by atoms with E-state index >= 15 is 0 Å². The molecule has 1 aromatic rings. The van der Waals surface area contributed by atoms with E-state index in [1.807, 2.05) is 0 Å². The second kappa shape index (κ2) is 4.61. The first kappa shape index (κ1) is 12.3. The summed E-state index contributed by atoms with van der Waals surface area (Å²) in [4.78, 5) is 4.78. The topological polar surface area (TPSA) is 38.9 Å². The molecule has 0 aromatic carbocycles. The van der Waals surface area contributed by atoms with Gasteiger partial charge in [0.2, 0.25) is 0 Å². The van der Waals surface area contributed by atoms with Crippen molar-refractivity contribution < 1.29 is 0 Å². The first-order chi connectivity index (χ1) is 8.02. The minimum atomic E-state index is -0.138. The molecule has 1 aliphatic carbocycles. The number of aryl methyl sites for hydroxylation is 1. The fraction of sp³-hybridized carbons (Fsp3) is 0.533. The number of aromatic nitrogens is 1. The van der Waals surface area contributed by atoms with Gasteiger partial charge >= 0.3 is 0 Å². The molecule has 2 heteroatoms. The number of rotatable bonds is 3. The molecule has 1 unspecified atom stereocenters. The van der Waals surface area contributed by atoms with E-state index in [2.05, 4.69) is 39.0 Å². The SMILES string of the molecule is CCC(C)(N)Cc1ccc2c(n1)CCC=C2C. The zero-order valence-corrected chi connectivity index (χ0v) is 11.1. The van der Waals surface area contributed by atoms with Crippen LogP contribution in [-0.2, 0) is 12.8 Å². The third-order valence-electron chi connectivity index (χ3n) is 3.68. The van der Waals surface area contributed by atoms with Crippen molar-refractivity contribution in [3.05, 3.63) is 35.2 Å². The maximum absolute atomic E-state index is 6.20. The highest BCUT2D eigenvalue weighted by Crippen LogP contribution is 2.25. The van der Waals surface area contributed by atoms with Crippen LogP contribution in [0.1, 0.15) is 50.6 Å². The van der Waals surface area contributed by atoms with Gasteiger partial charge in [-0.05, 0) is 50.3 Å². The second-order valence-electron chi connectivity index (χ2n) is 5.41. The summed E-state index contributed by atoms with van der Waals surface area (Å²) < 4.78 is 0. The Morgan fingerprint density at radius 1 is 1.41 bits per heavy atom. The van der Waals surface area contributed by atoms with Crippen molar-refractivity contribution in [2.45, 2.75) is 52.0 Å². The third-order valence-corrected chi connectivity index (χ3v) is 3.68. The average Bonchev–Trinajstić information content (AvgIpc) is 2.29. The Hall–Kier alpha value is -1.15. The minimum Gasteiger partial charge on any atom is -0.325 e. The van der Waals surface area contributed by atoms with Crippen LogP contribution < -0.4 is 5.73 Å². The van der Waals surface area contributed by atoms with Crippen molar-refractivity contribution in [1.82, 2.24) is 4.98 Å². The van der Waals surface area contributed by atoms with E-state index < -0.39 is 0 Å². The Kier molecular flexibility index (Phi) is 3.34. The van der Waals surface area contributed by atoms with Crippen LogP contribution >= 0.6 is 0 Å². The Labute approximate surface area is 104 Å². The van der Waals surface area contributed by atoms with Gasteiger partial charge in [0.1, 0.15) is 0 Å². The van der Waals surface area contributed by atoms with Gasteiger partial charge in [0.25, 0.3) is 0 Å². The Morgan fingerprint density at radius 3 is 2.88 bits per heavy atom. The summed E-state index contributed by atoms with van der Waals surface area (Å²) in [6, 6.07) is 4.33. The van der Waals surface area contributed by atoms with Gasteiger partial charge in [0.15, 0.2) is 0 Å². The Morgan fingerprint density at radius 2 is 2.18 bits per heavy atom. The van der Waals surface area contributed by atoms with Crippen LogP contribution in [0, 0.1) is 0 Å². The normalized spacial score (nSPS) is 18.2. The first-order valence-electron chi connectivity index (χ1n) is 6.46. The van der Waals surface area contributed by atoms with Gasteiger partial charge in [-0.3, -0.25) is 4.98 Å². The summed E-state index contributed by atoms with van der Waals surface area (Å²) in [6.07, 6.45) is 6.31.